The molecule has 0 aliphatic heterocycles. The van der Waals surface area contributed by atoms with Crippen LogP contribution in [0.15, 0.2) is 64.0 Å². The first kappa shape index (κ1) is 17.2. The van der Waals surface area contributed by atoms with Gasteiger partial charge in [0.25, 0.3) is 0 Å². The smallest absolute Gasteiger partial charge is 0.200 e. The summed E-state index contributed by atoms with van der Waals surface area (Å²) < 4.78 is 16.3. The highest BCUT2D eigenvalue weighted by Gasteiger charge is 2.11. The lowest BCUT2D eigenvalue weighted by Gasteiger charge is -2.12. The number of hydrogen-bond donors (Lipinski definition) is 1. The second kappa shape index (κ2) is 7.96. The third-order valence-corrected chi connectivity index (χ3v) is 3.79. The molecule has 1 N–H and O–H groups in total. The van der Waals surface area contributed by atoms with Gasteiger partial charge in [-0.05, 0) is 24.6 Å². The van der Waals surface area contributed by atoms with Crippen molar-refractivity contribution in [2.45, 2.75) is 13.0 Å². The SMILES string of the molecule is CCOCC(O)COc1ccc2c(=O)c(-c3ccccc3)coc2c1. The van der Waals surface area contributed by atoms with Crippen LogP contribution in [0, 0.1) is 0 Å². The lowest BCUT2D eigenvalue weighted by atomic mass is 10.1. The largest absolute Gasteiger partial charge is 0.491 e. The summed E-state index contributed by atoms with van der Waals surface area (Å²) in [7, 11) is 0. The number of hydrogen-bond acceptors (Lipinski definition) is 5. The average Bonchev–Trinajstić information content (AvgIpc) is 2.65. The Bertz CT molecular complexity index is 885. The van der Waals surface area contributed by atoms with Gasteiger partial charge in [-0.25, -0.2) is 0 Å². The van der Waals surface area contributed by atoms with Gasteiger partial charge in [-0.15, -0.1) is 0 Å². The molecular formula is C20H20O5. The molecule has 0 amide bonds. The lowest BCUT2D eigenvalue weighted by molar-refractivity contribution is 0.0164. The molecule has 130 valence electrons. The van der Waals surface area contributed by atoms with Crippen molar-refractivity contribution in [2.75, 3.05) is 19.8 Å². The van der Waals surface area contributed by atoms with Gasteiger partial charge >= 0.3 is 0 Å². The number of rotatable bonds is 7. The van der Waals surface area contributed by atoms with Crippen molar-refractivity contribution in [1.82, 2.24) is 0 Å². The number of aliphatic hydroxyl groups excluding tert-OH is 1. The molecule has 5 heteroatoms. The third-order valence-electron chi connectivity index (χ3n) is 3.79. The van der Waals surface area contributed by atoms with Gasteiger partial charge < -0.3 is 19.0 Å². The van der Waals surface area contributed by atoms with Gasteiger partial charge in [0.05, 0.1) is 17.6 Å². The van der Waals surface area contributed by atoms with E-state index in [1.165, 1.54) is 6.26 Å². The minimum absolute atomic E-state index is 0.0876. The molecule has 0 spiro atoms. The normalized spacial score (nSPS) is 12.2. The summed E-state index contributed by atoms with van der Waals surface area (Å²) >= 11 is 0. The van der Waals surface area contributed by atoms with Crippen LogP contribution < -0.4 is 10.2 Å². The molecule has 0 aliphatic rings. The molecule has 0 bridgehead atoms. The van der Waals surface area contributed by atoms with E-state index < -0.39 is 6.10 Å². The summed E-state index contributed by atoms with van der Waals surface area (Å²) in [4.78, 5) is 12.7. The Hall–Kier alpha value is -2.63. The monoisotopic (exact) mass is 340 g/mol. The number of aliphatic hydroxyl groups is 1. The van der Waals surface area contributed by atoms with Crippen LogP contribution >= 0.6 is 0 Å². The Morgan fingerprint density at radius 3 is 2.68 bits per heavy atom. The van der Waals surface area contributed by atoms with E-state index in [1.807, 2.05) is 37.3 Å². The molecule has 0 saturated carbocycles. The molecule has 0 saturated heterocycles. The first-order valence-corrected chi connectivity index (χ1v) is 8.18. The molecule has 1 heterocycles. The fourth-order valence-electron chi connectivity index (χ4n) is 2.51. The summed E-state index contributed by atoms with van der Waals surface area (Å²) in [5.74, 6) is 0.527. The van der Waals surface area contributed by atoms with Gasteiger partial charge in [-0.3, -0.25) is 4.79 Å². The van der Waals surface area contributed by atoms with Crippen LogP contribution in [0.3, 0.4) is 0 Å². The van der Waals surface area contributed by atoms with Crippen LogP contribution in [0.2, 0.25) is 0 Å². The Balaban J connectivity index is 1.81. The van der Waals surface area contributed by atoms with Crippen molar-refractivity contribution in [3.8, 4) is 16.9 Å². The van der Waals surface area contributed by atoms with E-state index in [9.17, 15) is 9.90 Å². The van der Waals surface area contributed by atoms with Crippen LogP contribution in [0.5, 0.6) is 5.75 Å². The zero-order chi connectivity index (χ0) is 17.6. The summed E-state index contributed by atoms with van der Waals surface area (Å²) in [5.41, 5.74) is 1.70. The molecule has 0 fully saturated rings. The Morgan fingerprint density at radius 2 is 1.92 bits per heavy atom. The van der Waals surface area contributed by atoms with Gasteiger partial charge in [0.2, 0.25) is 0 Å². The van der Waals surface area contributed by atoms with Gasteiger partial charge in [0.1, 0.15) is 30.3 Å². The maximum atomic E-state index is 12.7. The molecule has 0 radical (unpaired) electrons. The van der Waals surface area contributed by atoms with Crippen LogP contribution in [-0.2, 0) is 4.74 Å². The van der Waals surface area contributed by atoms with Crippen LogP contribution in [0.1, 0.15) is 6.92 Å². The Kier molecular flexibility index (Phi) is 5.48. The number of fused-ring (bicyclic) bond motifs is 1. The van der Waals surface area contributed by atoms with Gasteiger partial charge in [-0.1, -0.05) is 30.3 Å². The molecule has 5 nitrogen and oxygen atoms in total. The zero-order valence-electron chi connectivity index (χ0n) is 14.0. The van der Waals surface area contributed by atoms with Crippen molar-refractivity contribution >= 4 is 11.0 Å². The average molecular weight is 340 g/mol. The highest BCUT2D eigenvalue weighted by Crippen LogP contribution is 2.23. The molecule has 3 rings (SSSR count). The molecule has 25 heavy (non-hydrogen) atoms. The van der Waals surface area contributed by atoms with Gasteiger partial charge in [-0.2, -0.15) is 0 Å². The molecule has 3 aromatic rings. The van der Waals surface area contributed by atoms with Crippen molar-refractivity contribution in [3.05, 3.63) is 65.0 Å². The van der Waals surface area contributed by atoms with E-state index >= 15 is 0 Å². The van der Waals surface area contributed by atoms with Crippen LogP contribution in [0.25, 0.3) is 22.1 Å². The summed E-state index contributed by atoms with van der Waals surface area (Å²) in [6, 6.07) is 14.4. The molecule has 1 unspecified atom stereocenters. The van der Waals surface area contributed by atoms with Crippen molar-refractivity contribution < 1.29 is 19.0 Å². The fraction of sp³-hybridized carbons (Fsp3) is 0.250. The summed E-state index contributed by atoms with van der Waals surface area (Å²) in [6.45, 7) is 2.74. The van der Waals surface area contributed by atoms with Gasteiger partial charge in [0.15, 0.2) is 5.43 Å². The van der Waals surface area contributed by atoms with E-state index in [0.29, 0.717) is 28.9 Å². The van der Waals surface area contributed by atoms with E-state index in [1.54, 1.807) is 18.2 Å². The molecule has 1 aromatic heterocycles. The molecular weight excluding hydrogens is 320 g/mol. The third kappa shape index (κ3) is 4.07. The second-order valence-electron chi connectivity index (χ2n) is 5.63. The quantitative estimate of drug-likeness (QED) is 0.715. The van der Waals surface area contributed by atoms with Gasteiger partial charge in [0, 0.05) is 12.7 Å². The van der Waals surface area contributed by atoms with Crippen molar-refractivity contribution in [1.29, 1.82) is 0 Å². The van der Waals surface area contributed by atoms with E-state index in [0.717, 1.165) is 5.56 Å². The molecule has 0 aliphatic carbocycles. The van der Waals surface area contributed by atoms with Crippen molar-refractivity contribution in [3.63, 3.8) is 0 Å². The molecule has 1 atom stereocenters. The summed E-state index contributed by atoms with van der Waals surface area (Å²) in [6.07, 6.45) is 0.761. The minimum atomic E-state index is -0.705. The standard InChI is InChI=1S/C20H20O5/c1-2-23-11-15(21)12-24-16-8-9-17-19(10-16)25-13-18(20(17)22)14-6-4-3-5-7-14/h3-10,13,15,21H,2,11-12H2,1H3. The fourth-order valence-corrected chi connectivity index (χ4v) is 2.51. The predicted octanol–water partition coefficient (Wildman–Crippen LogP) is 3.24. The maximum absolute atomic E-state index is 12.7. The Labute approximate surface area is 145 Å². The lowest BCUT2D eigenvalue weighted by Crippen LogP contribution is -2.23. The minimum Gasteiger partial charge on any atom is -0.491 e. The zero-order valence-corrected chi connectivity index (χ0v) is 14.0. The first-order valence-electron chi connectivity index (χ1n) is 8.18. The maximum Gasteiger partial charge on any atom is 0.200 e. The summed E-state index contributed by atoms with van der Waals surface area (Å²) in [5, 5.41) is 10.2. The second-order valence-corrected chi connectivity index (χ2v) is 5.63. The Morgan fingerprint density at radius 1 is 1.12 bits per heavy atom. The number of benzene rings is 2. The van der Waals surface area contributed by atoms with Crippen LogP contribution in [-0.4, -0.2) is 31.0 Å². The first-order chi connectivity index (χ1) is 12.2. The highest BCUT2D eigenvalue weighted by molar-refractivity contribution is 5.82. The predicted molar refractivity (Wildman–Crippen MR) is 95.9 cm³/mol. The highest BCUT2D eigenvalue weighted by atomic mass is 16.5. The van der Waals surface area contributed by atoms with Crippen molar-refractivity contribution in [2.24, 2.45) is 0 Å². The van der Waals surface area contributed by atoms with E-state index in [4.69, 9.17) is 13.9 Å². The van der Waals surface area contributed by atoms with E-state index in [2.05, 4.69) is 0 Å². The van der Waals surface area contributed by atoms with E-state index in [-0.39, 0.29) is 18.6 Å². The van der Waals surface area contributed by atoms with Crippen LogP contribution in [0.4, 0.5) is 0 Å². The molecule has 2 aromatic carbocycles. The topological polar surface area (TPSA) is 68.9 Å². The number of ether oxygens (including phenoxy) is 2.